The van der Waals surface area contributed by atoms with E-state index < -0.39 is 12.0 Å². The minimum atomic E-state index is -0.814. The summed E-state index contributed by atoms with van der Waals surface area (Å²) in [5.74, 6) is 5.52. The molecule has 0 aliphatic heterocycles. The smallest absolute Gasteiger partial charge is 0.320 e. The summed E-state index contributed by atoms with van der Waals surface area (Å²) in [4.78, 5) is 25.7. The van der Waals surface area contributed by atoms with Crippen molar-refractivity contribution in [3.05, 3.63) is 113 Å². The molecule has 39 heavy (non-hydrogen) atoms. The number of benzene rings is 2. The zero-order chi connectivity index (χ0) is 29.6. The molecule has 206 valence electrons. The van der Waals surface area contributed by atoms with Crippen LogP contribution in [0.25, 0.3) is 10.9 Å². The van der Waals surface area contributed by atoms with Crippen molar-refractivity contribution in [1.29, 1.82) is 0 Å². The number of hydrogen-bond donors (Lipinski definition) is 2. The number of rotatable bonds is 5. The number of carboxylic acids is 1. The number of nitrogens with one attached hydrogen (secondary N) is 1. The van der Waals surface area contributed by atoms with E-state index in [0.717, 1.165) is 26.9 Å². The summed E-state index contributed by atoms with van der Waals surface area (Å²) in [7, 11) is 1.66. The number of fused-ring (bicyclic) bond motifs is 1. The molecule has 0 aliphatic rings. The van der Waals surface area contributed by atoms with Gasteiger partial charge in [0.2, 0.25) is 0 Å². The molecule has 0 fully saturated rings. The number of aryl methyl sites for hydroxylation is 3. The van der Waals surface area contributed by atoms with Gasteiger partial charge >= 0.3 is 5.97 Å². The van der Waals surface area contributed by atoms with Crippen LogP contribution in [0.5, 0.6) is 0 Å². The van der Waals surface area contributed by atoms with Crippen molar-refractivity contribution in [2.45, 2.75) is 46.6 Å². The first kappa shape index (κ1) is 35.0. The van der Waals surface area contributed by atoms with Gasteiger partial charge in [-0.05, 0) is 75.7 Å². The second-order valence-electron chi connectivity index (χ2n) is 7.78. The van der Waals surface area contributed by atoms with Crippen molar-refractivity contribution >= 4 is 35.0 Å². The molecule has 2 N–H and O–H groups in total. The summed E-state index contributed by atoms with van der Waals surface area (Å²) < 4.78 is 0. The van der Waals surface area contributed by atoms with E-state index in [1.807, 2.05) is 51.1 Å². The van der Waals surface area contributed by atoms with Crippen molar-refractivity contribution < 1.29 is 14.7 Å². The lowest BCUT2D eigenvalue weighted by atomic mass is 10.1. The van der Waals surface area contributed by atoms with Crippen molar-refractivity contribution in [3.8, 4) is 11.8 Å². The molecule has 0 unspecified atom stereocenters. The molecular weight excluding hydrogens is 504 g/mol. The number of likely N-dealkylation sites (N-methyl/N-ethyl adjacent to an activating group) is 1. The molecular formula is C33H40N2O3S. The molecule has 4 aromatic rings. The molecule has 1 atom stereocenters. The normalized spacial score (nSPS) is 9.77. The Morgan fingerprint density at radius 3 is 2.21 bits per heavy atom. The van der Waals surface area contributed by atoms with Gasteiger partial charge in [-0.1, -0.05) is 61.6 Å². The van der Waals surface area contributed by atoms with Gasteiger partial charge in [-0.2, -0.15) is 0 Å². The third kappa shape index (κ3) is 13.4. The van der Waals surface area contributed by atoms with Gasteiger partial charge in [0, 0.05) is 22.0 Å². The quantitative estimate of drug-likeness (QED) is 0.204. The Morgan fingerprint density at radius 2 is 1.64 bits per heavy atom. The molecule has 0 radical (unpaired) electrons. The molecule has 0 saturated carbocycles. The minimum absolute atomic E-state index is 0.503. The number of pyridine rings is 1. The van der Waals surface area contributed by atoms with Crippen LogP contribution in [0.4, 0.5) is 0 Å². The standard InChI is InChI=1S/C14H16N2O2.C14H12S.C2H6.C2H4.CH2O/c1-15-13(14(17)18)7-6-10-8-11-4-2-3-5-12(11)16-9-10;1-11-3-6-13(7-4-11)8-10-14-9-5-12(2)15-14;3*1-2/h2-5,8-9,13,15H,6-7H2,1H3,(H,17,18);3-7,9H,1-2H3;1-2H3;1-2H2;1H2/t13-;;;;/m1..../s1. The van der Waals surface area contributed by atoms with Crippen molar-refractivity contribution in [2.75, 3.05) is 7.05 Å². The van der Waals surface area contributed by atoms with Gasteiger partial charge in [0.05, 0.1) is 10.4 Å². The second-order valence-corrected chi connectivity index (χ2v) is 9.07. The molecule has 2 aromatic carbocycles. The first-order valence-corrected chi connectivity index (χ1v) is 13.4. The lowest BCUT2D eigenvalue weighted by Crippen LogP contribution is -2.34. The van der Waals surface area contributed by atoms with Crippen LogP contribution in [0.15, 0.2) is 86.1 Å². The largest absolute Gasteiger partial charge is 0.480 e. The van der Waals surface area contributed by atoms with Crippen LogP contribution in [0.2, 0.25) is 0 Å². The topological polar surface area (TPSA) is 79.3 Å². The van der Waals surface area contributed by atoms with E-state index in [2.05, 4.69) is 91.6 Å². The second kappa shape index (κ2) is 20.9. The van der Waals surface area contributed by atoms with Gasteiger partial charge in [-0.3, -0.25) is 9.78 Å². The molecule has 0 spiro atoms. The summed E-state index contributed by atoms with van der Waals surface area (Å²) in [6, 6.07) is 21.9. The van der Waals surface area contributed by atoms with E-state index in [9.17, 15) is 4.79 Å². The van der Waals surface area contributed by atoms with Gasteiger partial charge in [-0.15, -0.1) is 24.5 Å². The zero-order valence-corrected chi connectivity index (χ0v) is 24.5. The Balaban J connectivity index is 0.000000628. The van der Waals surface area contributed by atoms with Crippen molar-refractivity contribution in [1.82, 2.24) is 10.3 Å². The predicted molar refractivity (Wildman–Crippen MR) is 166 cm³/mol. The molecule has 6 heteroatoms. The number of thiophene rings is 1. The third-order valence-corrected chi connectivity index (χ3v) is 6.05. The van der Waals surface area contributed by atoms with E-state index in [4.69, 9.17) is 9.90 Å². The third-order valence-electron chi connectivity index (χ3n) is 5.14. The van der Waals surface area contributed by atoms with E-state index >= 15 is 0 Å². The summed E-state index contributed by atoms with van der Waals surface area (Å²) in [6.07, 6.45) is 3.08. The number of carboxylic acid groups (broad SMARTS) is 1. The van der Waals surface area contributed by atoms with E-state index in [1.165, 1.54) is 10.4 Å². The maximum absolute atomic E-state index is 10.9. The van der Waals surface area contributed by atoms with Gasteiger partial charge in [-0.25, -0.2) is 0 Å². The first-order valence-electron chi connectivity index (χ1n) is 12.6. The molecule has 4 rings (SSSR count). The van der Waals surface area contributed by atoms with Crippen LogP contribution >= 0.6 is 11.3 Å². The summed E-state index contributed by atoms with van der Waals surface area (Å²) in [5.41, 5.74) is 4.37. The van der Waals surface area contributed by atoms with Crippen LogP contribution in [-0.4, -0.2) is 35.9 Å². The number of aliphatic carboxylic acids is 1. The molecule has 0 bridgehead atoms. The monoisotopic (exact) mass is 544 g/mol. The lowest BCUT2D eigenvalue weighted by Gasteiger charge is -2.10. The average Bonchev–Trinajstić information content (AvgIpc) is 3.41. The fourth-order valence-corrected chi connectivity index (χ4v) is 3.95. The number of nitrogens with zero attached hydrogens (tertiary/aromatic N) is 1. The van der Waals surface area contributed by atoms with E-state index in [1.54, 1.807) is 18.4 Å². The fraction of sp³-hybridized carbons (Fsp3) is 0.242. The number of carbonyl (C=O) groups is 2. The highest BCUT2D eigenvalue weighted by molar-refractivity contribution is 7.12. The summed E-state index contributed by atoms with van der Waals surface area (Å²) in [6.45, 7) is 16.2. The Labute approximate surface area is 237 Å². The van der Waals surface area contributed by atoms with Crippen LogP contribution in [-0.2, 0) is 16.0 Å². The maximum Gasteiger partial charge on any atom is 0.320 e. The minimum Gasteiger partial charge on any atom is -0.480 e. The Morgan fingerprint density at radius 1 is 1.00 bits per heavy atom. The highest BCUT2D eigenvalue weighted by Crippen LogP contribution is 2.15. The van der Waals surface area contributed by atoms with Crippen molar-refractivity contribution in [3.63, 3.8) is 0 Å². The summed E-state index contributed by atoms with van der Waals surface area (Å²) >= 11 is 1.74. The van der Waals surface area contributed by atoms with E-state index in [-0.39, 0.29) is 0 Å². The van der Waals surface area contributed by atoms with Crippen molar-refractivity contribution in [2.24, 2.45) is 0 Å². The maximum atomic E-state index is 10.9. The Bertz CT molecular complexity index is 1300. The predicted octanol–water partition coefficient (Wildman–Crippen LogP) is 7.25. The molecule has 2 aromatic heterocycles. The summed E-state index contributed by atoms with van der Waals surface area (Å²) in [5, 5.41) is 12.8. The fourth-order valence-electron chi connectivity index (χ4n) is 3.23. The van der Waals surface area contributed by atoms with Gasteiger partial charge in [0.1, 0.15) is 12.8 Å². The van der Waals surface area contributed by atoms with E-state index in [0.29, 0.717) is 12.8 Å². The van der Waals surface area contributed by atoms with Gasteiger partial charge in [0.25, 0.3) is 0 Å². The van der Waals surface area contributed by atoms with Crippen LogP contribution in [0, 0.1) is 25.7 Å². The lowest BCUT2D eigenvalue weighted by molar-refractivity contribution is -0.139. The highest BCUT2D eigenvalue weighted by atomic mass is 32.1. The SMILES string of the molecule is C=C.C=O.CC.CN[C@H](CCc1cnc2ccccc2c1)C(=O)O.Cc1ccc(C#Cc2ccc(C)s2)cc1. The van der Waals surface area contributed by atoms with Crippen LogP contribution < -0.4 is 5.32 Å². The number of carbonyl (C=O) groups excluding carboxylic acids is 1. The van der Waals surface area contributed by atoms with Crippen LogP contribution in [0.3, 0.4) is 0 Å². The first-order chi connectivity index (χ1) is 18.9. The molecule has 5 nitrogen and oxygen atoms in total. The number of hydrogen-bond acceptors (Lipinski definition) is 5. The Kier molecular flexibility index (Phi) is 18.8. The van der Waals surface area contributed by atoms with Gasteiger partial charge < -0.3 is 15.2 Å². The Hall–Kier alpha value is -4.05. The average molecular weight is 545 g/mol. The molecule has 0 saturated heterocycles. The highest BCUT2D eigenvalue weighted by Gasteiger charge is 2.14. The molecule has 0 aliphatic carbocycles. The molecule has 0 amide bonds. The molecule has 2 heterocycles. The van der Waals surface area contributed by atoms with Crippen LogP contribution in [0.1, 0.15) is 46.7 Å². The van der Waals surface area contributed by atoms with Gasteiger partial charge in [0.15, 0.2) is 0 Å². The number of para-hydroxylation sites is 1. The zero-order valence-electron chi connectivity index (χ0n) is 23.7. The number of aromatic nitrogens is 1.